The lowest BCUT2D eigenvalue weighted by Gasteiger charge is -2.46. The summed E-state index contributed by atoms with van der Waals surface area (Å²) in [5, 5.41) is 24.8. The van der Waals surface area contributed by atoms with Crippen LogP contribution in [0.2, 0.25) is 0 Å². The number of aliphatic hydroxyl groups excluding tert-OH is 1. The summed E-state index contributed by atoms with van der Waals surface area (Å²) >= 11 is 0. The summed E-state index contributed by atoms with van der Waals surface area (Å²) in [6, 6.07) is 40.1. The number of benzene rings is 6. The summed E-state index contributed by atoms with van der Waals surface area (Å²) in [5.41, 5.74) is 2.32. The number of carbonyl (C=O) groups excluding carboxylic acids is 4. The molecule has 1 spiro atoms. The highest BCUT2D eigenvalue weighted by Crippen LogP contribution is 2.66. The molecule has 4 amide bonds. The van der Waals surface area contributed by atoms with Gasteiger partial charge in [0.05, 0.1) is 50.6 Å². The van der Waals surface area contributed by atoms with Gasteiger partial charge in [-0.3, -0.25) is 19.3 Å². The lowest BCUT2D eigenvalue weighted by atomic mass is 9.64. The molecular formula is C64H64N4O10. The van der Waals surface area contributed by atoms with Crippen molar-refractivity contribution in [3.8, 4) is 29.1 Å². The van der Waals surface area contributed by atoms with E-state index in [0.29, 0.717) is 58.8 Å². The molecule has 6 aromatic carbocycles. The van der Waals surface area contributed by atoms with Gasteiger partial charge in [0, 0.05) is 18.7 Å². The minimum Gasteiger partial charge on any atom is -0.493 e. The van der Waals surface area contributed by atoms with Crippen LogP contribution >= 0.6 is 0 Å². The minimum absolute atomic E-state index is 0.0338. The number of urea groups is 1. The number of fused-ring (bicyclic) bond motifs is 4. The topological polar surface area (TPSA) is 167 Å². The van der Waals surface area contributed by atoms with Gasteiger partial charge >= 0.3 is 12.0 Å². The Kier molecular flexibility index (Phi) is 14.6. The number of ether oxygens (including phenoxy) is 4. The zero-order valence-electron chi connectivity index (χ0n) is 44.1. The highest BCUT2D eigenvalue weighted by molar-refractivity contribution is 6.24. The van der Waals surface area contributed by atoms with Crippen molar-refractivity contribution < 1.29 is 48.3 Å². The van der Waals surface area contributed by atoms with Gasteiger partial charge in [0.15, 0.2) is 11.5 Å². The van der Waals surface area contributed by atoms with Gasteiger partial charge in [0.2, 0.25) is 11.8 Å². The molecule has 0 aromatic heterocycles. The Morgan fingerprint density at radius 2 is 1.41 bits per heavy atom. The summed E-state index contributed by atoms with van der Waals surface area (Å²) < 4.78 is 24.1. The maximum absolute atomic E-state index is 17.1. The number of carbonyl (C=O) groups is 4. The maximum atomic E-state index is 17.1. The molecule has 4 heterocycles. The van der Waals surface area contributed by atoms with Gasteiger partial charge in [-0.2, -0.15) is 0 Å². The number of nitrogens with one attached hydrogen (secondary N) is 1. The van der Waals surface area contributed by atoms with Crippen LogP contribution in [0.1, 0.15) is 114 Å². The zero-order chi connectivity index (χ0) is 54.1. The lowest BCUT2D eigenvalue weighted by molar-refractivity contribution is -0.179. The van der Waals surface area contributed by atoms with E-state index < -0.39 is 71.0 Å². The zero-order valence-corrected chi connectivity index (χ0v) is 44.1. The summed E-state index contributed by atoms with van der Waals surface area (Å²) in [5.74, 6) is 4.59. The molecule has 6 aromatic rings. The van der Waals surface area contributed by atoms with Crippen LogP contribution in [-0.4, -0.2) is 89.4 Å². The van der Waals surface area contributed by atoms with Crippen molar-refractivity contribution in [1.82, 2.24) is 15.1 Å². The molecule has 4 aliphatic heterocycles. The van der Waals surface area contributed by atoms with Crippen LogP contribution < -0.4 is 24.4 Å². The van der Waals surface area contributed by atoms with Crippen molar-refractivity contribution in [1.29, 1.82) is 0 Å². The van der Waals surface area contributed by atoms with Crippen LogP contribution in [0.25, 0.3) is 0 Å². The predicted octanol–water partition coefficient (Wildman–Crippen LogP) is 9.23. The third kappa shape index (κ3) is 9.33. The fourth-order valence-electron chi connectivity index (χ4n) is 12.8. The quantitative estimate of drug-likeness (QED) is 0.0643. The Balaban J connectivity index is 1.18. The number of hydrogen-bond donors (Lipinski definition) is 3. The minimum atomic E-state index is -2.05. The molecule has 11 rings (SSSR count). The van der Waals surface area contributed by atoms with E-state index in [-0.39, 0.29) is 32.0 Å². The third-order valence-electron chi connectivity index (χ3n) is 16.5. The number of esters is 1. The Morgan fingerprint density at radius 1 is 0.769 bits per heavy atom. The van der Waals surface area contributed by atoms with Crippen molar-refractivity contribution >= 4 is 29.5 Å². The van der Waals surface area contributed by atoms with E-state index in [1.165, 1.54) is 0 Å². The number of imide groups is 1. The Morgan fingerprint density at radius 3 is 2.06 bits per heavy atom. The average molecular weight is 1050 g/mol. The molecule has 7 atom stereocenters. The molecule has 5 aliphatic rings. The fraction of sp³-hybridized carbons (Fsp3) is 0.344. The first kappa shape index (κ1) is 52.1. The predicted molar refractivity (Wildman–Crippen MR) is 293 cm³/mol. The van der Waals surface area contributed by atoms with Crippen LogP contribution in [0, 0.1) is 17.8 Å². The maximum Gasteiger partial charge on any atom is 0.329 e. The molecule has 2 saturated heterocycles. The second-order valence-corrected chi connectivity index (χ2v) is 21.0. The number of hydrogen-bond acceptors (Lipinski definition) is 11. The van der Waals surface area contributed by atoms with Gasteiger partial charge in [0.1, 0.15) is 35.5 Å². The molecule has 0 radical (unpaired) electrons. The van der Waals surface area contributed by atoms with Crippen molar-refractivity contribution in [2.75, 3.05) is 38.9 Å². The molecule has 1 saturated carbocycles. The first-order valence-electron chi connectivity index (χ1n) is 27.0. The highest BCUT2D eigenvalue weighted by Gasteiger charge is 2.76. The number of nitrogens with zero attached hydrogens (tertiary/aromatic N) is 3. The lowest BCUT2D eigenvalue weighted by Crippen LogP contribution is -2.57. The molecule has 0 bridgehead atoms. The number of anilines is 1. The average Bonchev–Trinajstić information content (AvgIpc) is 3.21. The first-order chi connectivity index (χ1) is 38.0. The van der Waals surface area contributed by atoms with Crippen LogP contribution in [0.4, 0.5) is 10.5 Å². The second-order valence-electron chi connectivity index (χ2n) is 21.0. The Bertz CT molecular complexity index is 3260. The molecule has 78 heavy (non-hydrogen) atoms. The van der Waals surface area contributed by atoms with Crippen molar-refractivity contribution in [3.63, 3.8) is 0 Å². The van der Waals surface area contributed by atoms with Gasteiger partial charge in [-0.05, 0) is 120 Å². The van der Waals surface area contributed by atoms with E-state index in [4.69, 9.17) is 18.9 Å². The van der Waals surface area contributed by atoms with Crippen LogP contribution in [0.15, 0.2) is 146 Å². The SMILES string of the molecule is COc1cc2c(cc1OC)CN(C(=O)C1C3C(=O)OC(c4ccccc4)C(c4ccccc4)N3C(c3ccc(OCCO)cc3)C13C(=O)N(C(=O)NC(C)c1ccccc1)c1ccc(C#CC4(O)CCCCCC4)cc13)CC2. The number of morpholine rings is 1. The van der Waals surface area contributed by atoms with Crippen molar-refractivity contribution in [2.24, 2.45) is 5.92 Å². The first-order valence-corrected chi connectivity index (χ1v) is 27.0. The number of methoxy groups -OCH3 is 2. The normalized spacial score (nSPS) is 23.6. The van der Waals surface area contributed by atoms with Gasteiger partial charge in [-0.25, -0.2) is 9.69 Å². The largest absolute Gasteiger partial charge is 0.493 e. The standard InChI is InChI=1S/C64H64N4O10/c1-41(43-17-9-6-10-18-43)65-62(73)67-51-28-23-42(29-33-63(74)31-15-4-5-16-32-63)37-50(51)64(61(67)72)54(59(70)66-34-30-47-38-52(75-2)53(76-3)39-48(47)40-66)56-60(71)78-57(45-21-13-8-14-22-45)55(44-19-11-7-12-20-44)68(56)58(64)46-24-26-49(27-25-46)77-36-35-69/h6-14,17-28,37-39,41,54-58,69,74H,4-5,15-16,30-32,34-36,40H2,1-3H3,(H,65,73). The number of rotatable bonds is 11. The Hall–Kier alpha value is -7.96. The van der Waals surface area contributed by atoms with E-state index in [1.54, 1.807) is 49.5 Å². The second kappa shape index (κ2) is 21.8. The summed E-state index contributed by atoms with van der Waals surface area (Å²) in [6.07, 6.45) is 4.18. The summed E-state index contributed by atoms with van der Waals surface area (Å²) in [6.45, 7) is 2.01. The molecule has 14 heteroatoms. The van der Waals surface area contributed by atoms with E-state index in [2.05, 4.69) is 17.2 Å². The van der Waals surface area contributed by atoms with Crippen LogP contribution in [0.5, 0.6) is 17.2 Å². The number of cyclic esters (lactones) is 1. The highest BCUT2D eigenvalue weighted by atomic mass is 16.6. The molecule has 7 unspecified atom stereocenters. The third-order valence-corrected chi connectivity index (χ3v) is 16.5. The van der Waals surface area contributed by atoms with Crippen LogP contribution in [0.3, 0.4) is 0 Å². The molecule has 400 valence electrons. The van der Waals surface area contributed by atoms with Gasteiger partial charge in [-0.1, -0.05) is 128 Å². The molecule has 3 fully saturated rings. The van der Waals surface area contributed by atoms with E-state index >= 15 is 19.2 Å². The number of amides is 4. The van der Waals surface area contributed by atoms with Gasteiger partial charge in [-0.15, -0.1) is 0 Å². The smallest absolute Gasteiger partial charge is 0.329 e. The molecular weight excluding hydrogens is 985 g/mol. The summed E-state index contributed by atoms with van der Waals surface area (Å²) in [7, 11) is 3.13. The monoisotopic (exact) mass is 1050 g/mol. The molecule has 3 N–H and O–H groups in total. The number of aliphatic hydroxyl groups is 2. The van der Waals surface area contributed by atoms with E-state index in [0.717, 1.165) is 52.8 Å². The van der Waals surface area contributed by atoms with E-state index in [1.807, 2.05) is 127 Å². The van der Waals surface area contributed by atoms with E-state index in [9.17, 15) is 10.2 Å². The molecule has 14 nitrogen and oxygen atoms in total. The van der Waals surface area contributed by atoms with Crippen molar-refractivity contribution in [3.05, 3.63) is 190 Å². The van der Waals surface area contributed by atoms with Gasteiger partial charge in [0.25, 0.3) is 0 Å². The summed E-state index contributed by atoms with van der Waals surface area (Å²) in [4.78, 5) is 70.0. The van der Waals surface area contributed by atoms with Crippen molar-refractivity contribution in [2.45, 2.75) is 99.7 Å². The fourth-order valence-corrected chi connectivity index (χ4v) is 12.8. The van der Waals surface area contributed by atoms with Crippen LogP contribution in [-0.2, 0) is 37.5 Å². The molecule has 1 aliphatic carbocycles. The van der Waals surface area contributed by atoms with Gasteiger partial charge < -0.3 is 39.4 Å². The Labute approximate surface area is 454 Å².